The Hall–Kier alpha value is -3.48. The summed E-state index contributed by atoms with van der Waals surface area (Å²) < 4.78 is 93.9. The van der Waals surface area contributed by atoms with Crippen molar-refractivity contribution in [3.05, 3.63) is 53.6 Å². The van der Waals surface area contributed by atoms with E-state index in [1.165, 1.54) is 12.4 Å². The van der Waals surface area contributed by atoms with Crippen molar-refractivity contribution in [1.82, 2.24) is 20.4 Å². The molecule has 0 bridgehead atoms. The van der Waals surface area contributed by atoms with Crippen LogP contribution < -0.4 is 0 Å². The molecule has 13 heteroatoms. The van der Waals surface area contributed by atoms with E-state index in [1.54, 1.807) is 0 Å². The molecule has 4 rings (SSSR count). The maximum atomic E-state index is 14.1. The van der Waals surface area contributed by atoms with Crippen molar-refractivity contribution in [2.75, 3.05) is 0 Å². The standard InChI is InChI=1S/C16H7F5N4O3S/c17-9-10(18)12(20)15(13(21)11(9)19)29(27,28)16-6-1-2-7(26)8(14(6)24-25-16)5-3-22-23-4-5/h1-4,26H,(H,22,23)(H,24,25). The molecule has 29 heavy (non-hydrogen) atoms. The molecule has 0 saturated carbocycles. The third kappa shape index (κ3) is 2.57. The van der Waals surface area contributed by atoms with Crippen molar-refractivity contribution in [1.29, 1.82) is 0 Å². The molecular weight excluding hydrogens is 423 g/mol. The van der Waals surface area contributed by atoms with Gasteiger partial charge < -0.3 is 5.11 Å². The Labute approximate surface area is 157 Å². The van der Waals surface area contributed by atoms with Crippen LogP contribution in [0.25, 0.3) is 22.0 Å². The number of aromatic nitrogens is 4. The zero-order valence-electron chi connectivity index (χ0n) is 13.8. The second-order valence-electron chi connectivity index (χ2n) is 5.80. The number of benzene rings is 2. The van der Waals surface area contributed by atoms with Gasteiger partial charge in [0.05, 0.1) is 11.8 Å². The van der Waals surface area contributed by atoms with E-state index in [4.69, 9.17) is 0 Å². The molecule has 0 unspecified atom stereocenters. The van der Waals surface area contributed by atoms with Crippen LogP contribution in [-0.4, -0.2) is 33.9 Å². The average Bonchev–Trinajstić information content (AvgIpc) is 3.34. The smallest absolute Gasteiger partial charge is 0.229 e. The molecule has 4 aromatic rings. The number of phenolic OH excluding ortho intramolecular Hbond substituents is 1. The Bertz CT molecular complexity index is 1350. The molecule has 0 aliphatic heterocycles. The summed E-state index contributed by atoms with van der Waals surface area (Å²) >= 11 is 0. The molecular formula is C16H7F5N4O3S. The largest absolute Gasteiger partial charge is 0.507 e. The number of phenols is 1. The van der Waals surface area contributed by atoms with E-state index in [0.717, 1.165) is 12.1 Å². The number of fused-ring (bicyclic) bond motifs is 1. The summed E-state index contributed by atoms with van der Waals surface area (Å²) in [4.78, 5) is -2.02. The first-order chi connectivity index (χ1) is 13.7. The number of nitrogens with one attached hydrogen (secondary N) is 2. The molecule has 0 aliphatic rings. The molecule has 0 atom stereocenters. The quantitative estimate of drug-likeness (QED) is 0.200. The van der Waals surface area contributed by atoms with Gasteiger partial charge in [-0.2, -0.15) is 10.2 Å². The summed E-state index contributed by atoms with van der Waals surface area (Å²) in [5.74, 6) is -12.6. The number of hydrogen-bond donors (Lipinski definition) is 3. The molecule has 150 valence electrons. The van der Waals surface area contributed by atoms with Crippen molar-refractivity contribution >= 4 is 20.7 Å². The van der Waals surface area contributed by atoms with E-state index in [0.29, 0.717) is 5.56 Å². The third-order valence-corrected chi connectivity index (χ3v) is 5.91. The summed E-state index contributed by atoms with van der Waals surface area (Å²) in [7, 11) is -5.26. The summed E-state index contributed by atoms with van der Waals surface area (Å²) in [6.07, 6.45) is 2.66. The van der Waals surface area contributed by atoms with E-state index >= 15 is 0 Å². The zero-order chi connectivity index (χ0) is 21.1. The van der Waals surface area contributed by atoms with Crippen LogP contribution in [0.3, 0.4) is 0 Å². The van der Waals surface area contributed by atoms with Crippen LogP contribution >= 0.6 is 0 Å². The van der Waals surface area contributed by atoms with Crippen molar-refractivity contribution < 1.29 is 35.5 Å². The summed E-state index contributed by atoms with van der Waals surface area (Å²) in [6.45, 7) is 0. The van der Waals surface area contributed by atoms with Crippen LogP contribution in [0.5, 0.6) is 5.75 Å². The highest BCUT2D eigenvalue weighted by atomic mass is 32.2. The lowest BCUT2D eigenvalue weighted by Gasteiger charge is -2.09. The lowest BCUT2D eigenvalue weighted by Crippen LogP contribution is -2.14. The van der Waals surface area contributed by atoms with Gasteiger partial charge >= 0.3 is 0 Å². The minimum absolute atomic E-state index is 0.0337. The number of rotatable bonds is 3. The van der Waals surface area contributed by atoms with Crippen LogP contribution in [-0.2, 0) is 9.84 Å². The van der Waals surface area contributed by atoms with Gasteiger partial charge in [0.25, 0.3) is 0 Å². The molecule has 2 aromatic heterocycles. The Kier molecular flexibility index (Phi) is 4.08. The second kappa shape index (κ2) is 6.27. The predicted octanol–water partition coefficient (Wildman–Crippen LogP) is 3.19. The normalized spacial score (nSPS) is 12.0. The topological polar surface area (TPSA) is 112 Å². The molecule has 0 saturated heterocycles. The first-order valence-electron chi connectivity index (χ1n) is 7.62. The van der Waals surface area contributed by atoms with E-state index in [-0.39, 0.29) is 22.2 Å². The van der Waals surface area contributed by atoms with Crippen LogP contribution in [0.4, 0.5) is 22.0 Å². The lowest BCUT2D eigenvalue weighted by atomic mass is 10.1. The van der Waals surface area contributed by atoms with Gasteiger partial charge in [-0.25, -0.2) is 30.4 Å². The first kappa shape index (κ1) is 18.9. The monoisotopic (exact) mass is 430 g/mol. The van der Waals surface area contributed by atoms with E-state index < -0.39 is 48.8 Å². The van der Waals surface area contributed by atoms with Crippen molar-refractivity contribution in [2.45, 2.75) is 9.92 Å². The highest BCUT2D eigenvalue weighted by Crippen LogP contribution is 2.39. The second-order valence-corrected chi connectivity index (χ2v) is 7.62. The summed E-state index contributed by atoms with van der Waals surface area (Å²) in [5.41, 5.74) is 0.208. The van der Waals surface area contributed by atoms with Crippen LogP contribution in [0.15, 0.2) is 34.4 Å². The Morgan fingerprint density at radius 3 is 2.14 bits per heavy atom. The molecule has 0 fully saturated rings. The zero-order valence-corrected chi connectivity index (χ0v) is 14.6. The van der Waals surface area contributed by atoms with Gasteiger partial charge in [0, 0.05) is 17.1 Å². The number of hydrogen-bond acceptors (Lipinski definition) is 5. The van der Waals surface area contributed by atoms with Gasteiger partial charge in [-0.05, 0) is 12.1 Å². The Morgan fingerprint density at radius 2 is 1.55 bits per heavy atom. The average molecular weight is 430 g/mol. The van der Waals surface area contributed by atoms with Crippen LogP contribution in [0.2, 0.25) is 0 Å². The third-order valence-electron chi connectivity index (χ3n) is 4.16. The van der Waals surface area contributed by atoms with Gasteiger partial charge in [-0.15, -0.1) is 0 Å². The summed E-state index contributed by atoms with van der Waals surface area (Å²) in [5, 5.41) is 20.9. The maximum absolute atomic E-state index is 14.1. The molecule has 0 radical (unpaired) electrons. The van der Waals surface area contributed by atoms with Crippen LogP contribution in [0.1, 0.15) is 0 Å². The molecule has 7 nitrogen and oxygen atoms in total. The van der Waals surface area contributed by atoms with E-state index in [2.05, 4.69) is 15.3 Å². The highest BCUT2D eigenvalue weighted by Gasteiger charge is 2.36. The van der Waals surface area contributed by atoms with Gasteiger partial charge in [0.15, 0.2) is 33.2 Å². The number of nitrogens with zero attached hydrogens (tertiary/aromatic N) is 2. The molecule has 0 spiro atoms. The van der Waals surface area contributed by atoms with Crippen molar-refractivity contribution in [3.63, 3.8) is 0 Å². The minimum Gasteiger partial charge on any atom is -0.507 e. The van der Waals surface area contributed by atoms with Crippen molar-refractivity contribution in [3.8, 4) is 16.9 Å². The predicted molar refractivity (Wildman–Crippen MR) is 87.0 cm³/mol. The number of aromatic hydroxyl groups is 1. The number of halogens is 5. The van der Waals surface area contributed by atoms with E-state index in [1.807, 2.05) is 5.10 Å². The molecule has 2 heterocycles. The molecule has 3 N–H and O–H groups in total. The Morgan fingerprint density at radius 1 is 0.931 bits per heavy atom. The Balaban J connectivity index is 2.03. The summed E-state index contributed by atoms with van der Waals surface area (Å²) in [6, 6.07) is 2.15. The molecule has 0 amide bonds. The molecule has 0 aliphatic carbocycles. The minimum atomic E-state index is -5.26. The van der Waals surface area contributed by atoms with Gasteiger partial charge in [0.1, 0.15) is 11.3 Å². The number of sulfone groups is 1. The SMILES string of the molecule is O=S(=O)(c1c(F)c(F)c(F)c(F)c1F)c1[nH]nc2c(-c3cn[nH]c3)c(O)ccc12. The van der Waals surface area contributed by atoms with Gasteiger partial charge in [-0.1, -0.05) is 0 Å². The van der Waals surface area contributed by atoms with Crippen LogP contribution in [0, 0.1) is 29.1 Å². The highest BCUT2D eigenvalue weighted by molar-refractivity contribution is 7.91. The van der Waals surface area contributed by atoms with Crippen molar-refractivity contribution in [2.24, 2.45) is 0 Å². The lowest BCUT2D eigenvalue weighted by molar-refractivity contribution is 0.357. The maximum Gasteiger partial charge on any atom is 0.229 e. The van der Waals surface area contributed by atoms with E-state index in [9.17, 15) is 35.5 Å². The fraction of sp³-hybridized carbons (Fsp3) is 0. The van der Waals surface area contributed by atoms with Gasteiger partial charge in [0.2, 0.25) is 15.7 Å². The number of aromatic amines is 2. The fourth-order valence-corrected chi connectivity index (χ4v) is 4.32. The molecule has 2 aromatic carbocycles. The number of H-pyrrole nitrogens is 2. The fourth-order valence-electron chi connectivity index (χ4n) is 2.85. The van der Waals surface area contributed by atoms with Gasteiger partial charge in [-0.3, -0.25) is 10.2 Å². The first-order valence-corrected chi connectivity index (χ1v) is 9.10.